The van der Waals surface area contributed by atoms with Crippen molar-refractivity contribution in [2.75, 3.05) is 33.7 Å². The van der Waals surface area contributed by atoms with Gasteiger partial charge in [-0.15, -0.1) is 0 Å². The monoisotopic (exact) mass is 306 g/mol. The molecule has 1 atom stereocenters. The SMILES string of the molecule is Cc1ccc(C(=O)N2CCC[C@](O)(CN(C)C)CC2)c(O)c1. The number of amides is 1. The van der Waals surface area contributed by atoms with Crippen molar-refractivity contribution in [2.24, 2.45) is 0 Å². The van der Waals surface area contributed by atoms with Gasteiger partial charge >= 0.3 is 0 Å². The molecule has 1 saturated heterocycles. The average molecular weight is 306 g/mol. The maximum atomic E-state index is 12.6. The number of carbonyl (C=O) groups is 1. The number of phenolic OH excluding ortho intramolecular Hbond substituents is 1. The minimum atomic E-state index is -0.742. The number of aromatic hydroxyl groups is 1. The van der Waals surface area contributed by atoms with Crippen molar-refractivity contribution in [2.45, 2.75) is 31.8 Å². The second kappa shape index (κ2) is 6.67. The Hall–Kier alpha value is -1.59. The van der Waals surface area contributed by atoms with Crippen LogP contribution in [0.25, 0.3) is 0 Å². The first kappa shape index (κ1) is 16.8. The van der Waals surface area contributed by atoms with E-state index in [-0.39, 0.29) is 11.7 Å². The highest BCUT2D eigenvalue weighted by Crippen LogP contribution is 2.26. The number of carbonyl (C=O) groups excluding carboxylic acids is 1. The van der Waals surface area contributed by atoms with Gasteiger partial charge < -0.3 is 20.0 Å². The van der Waals surface area contributed by atoms with E-state index in [1.165, 1.54) is 0 Å². The second-order valence-corrected chi connectivity index (χ2v) is 6.63. The van der Waals surface area contributed by atoms with Crippen molar-refractivity contribution in [1.82, 2.24) is 9.80 Å². The lowest BCUT2D eigenvalue weighted by Crippen LogP contribution is -2.41. The van der Waals surface area contributed by atoms with E-state index in [9.17, 15) is 15.0 Å². The molecule has 1 fully saturated rings. The molecule has 0 spiro atoms. The van der Waals surface area contributed by atoms with Crippen molar-refractivity contribution < 1.29 is 15.0 Å². The number of rotatable bonds is 3. The predicted molar refractivity (Wildman–Crippen MR) is 86.1 cm³/mol. The van der Waals surface area contributed by atoms with Crippen LogP contribution in [0, 0.1) is 6.92 Å². The van der Waals surface area contributed by atoms with Gasteiger partial charge in [0.05, 0.1) is 11.2 Å². The Balaban J connectivity index is 2.09. The van der Waals surface area contributed by atoms with Gasteiger partial charge in [0.1, 0.15) is 5.75 Å². The van der Waals surface area contributed by atoms with Crippen molar-refractivity contribution in [3.05, 3.63) is 29.3 Å². The molecular weight excluding hydrogens is 280 g/mol. The van der Waals surface area contributed by atoms with Crippen LogP contribution < -0.4 is 0 Å². The summed E-state index contributed by atoms with van der Waals surface area (Å²) < 4.78 is 0. The Kier molecular flexibility index (Phi) is 5.08. The summed E-state index contributed by atoms with van der Waals surface area (Å²) in [6.07, 6.45) is 2.01. The Morgan fingerprint density at radius 2 is 2.05 bits per heavy atom. The van der Waals surface area contributed by atoms with E-state index in [4.69, 9.17) is 0 Å². The summed E-state index contributed by atoms with van der Waals surface area (Å²) in [6.45, 7) is 3.60. The number of likely N-dealkylation sites (tertiary alicyclic amines) is 1. The summed E-state index contributed by atoms with van der Waals surface area (Å²) in [5.41, 5.74) is 0.516. The highest BCUT2D eigenvalue weighted by molar-refractivity contribution is 5.96. The van der Waals surface area contributed by atoms with E-state index in [1.54, 1.807) is 17.0 Å². The van der Waals surface area contributed by atoms with E-state index in [0.29, 0.717) is 38.0 Å². The molecule has 2 rings (SSSR count). The lowest BCUT2D eigenvalue weighted by Gasteiger charge is -2.30. The Morgan fingerprint density at radius 1 is 1.32 bits per heavy atom. The van der Waals surface area contributed by atoms with E-state index in [2.05, 4.69) is 0 Å². The molecule has 22 heavy (non-hydrogen) atoms. The summed E-state index contributed by atoms with van der Waals surface area (Å²) in [6, 6.07) is 5.10. The number of hydrogen-bond acceptors (Lipinski definition) is 4. The van der Waals surface area contributed by atoms with Crippen LogP contribution >= 0.6 is 0 Å². The van der Waals surface area contributed by atoms with Gasteiger partial charge in [-0.3, -0.25) is 4.79 Å². The van der Waals surface area contributed by atoms with Crippen molar-refractivity contribution in [3.63, 3.8) is 0 Å². The smallest absolute Gasteiger partial charge is 0.257 e. The topological polar surface area (TPSA) is 64.0 Å². The maximum Gasteiger partial charge on any atom is 0.257 e. The fourth-order valence-corrected chi connectivity index (χ4v) is 3.12. The largest absolute Gasteiger partial charge is 0.507 e. The molecule has 0 saturated carbocycles. The summed E-state index contributed by atoms with van der Waals surface area (Å²) in [7, 11) is 3.88. The lowest BCUT2D eigenvalue weighted by molar-refractivity contribution is 0.00305. The number of aliphatic hydroxyl groups is 1. The number of nitrogens with zero attached hydrogens (tertiary/aromatic N) is 2. The van der Waals surface area contributed by atoms with Crippen LogP contribution in [-0.2, 0) is 0 Å². The molecule has 1 aliphatic rings. The standard InChI is InChI=1S/C17H26N2O3/c1-13-5-6-14(15(20)11-13)16(21)19-9-4-7-17(22,8-10-19)12-18(2)3/h5-6,11,20,22H,4,7-10,12H2,1-3H3/t17-/m1/s1. The quantitative estimate of drug-likeness (QED) is 0.891. The predicted octanol–water partition coefficient (Wildman–Crippen LogP) is 1.62. The molecule has 0 radical (unpaired) electrons. The van der Waals surface area contributed by atoms with Crippen molar-refractivity contribution in [3.8, 4) is 5.75 Å². The van der Waals surface area contributed by atoms with Gasteiger partial charge in [-0.2, -0.15) is 0 Å². The third kappa shape index (κ3) is 3.99. The molecule has 5 nitrogen and oxygen atoms in total. The molecule has 0 aliphatic carbocycles. The van der Waals surface area contributed by atoms with Crippen LogP contribution in [0.3, 0.4) is 0 Å². The van der Waals surface area contributed by atoms with Crippen LogP contribution in [0.4, 0.5) is 0 Å². The first-order valence-corrected chi connectivity index (χ1v) is 7.77. The number of hydrogen-bond donors (Lipinski definition) is 2. The zero-order chi connectivity index (χ0) is 16.3. The van der Waals surface area contributed by atoms with Crippen LogP contribution in [0.15, 0.2) is 18.2 Å². The van der Waals surface area contributed by atoms with Gasteiger partial charge in [-0.25, -0.2) is 0 Å². The first-order valence-electron chi connectivity index (χ1n) is 7.77. The number of likely N-dealkylation sites (N-methyl/N-ethyl adjacent to an activating group) is 1. The van der Waals surface area contributed by atoms with Crippen molar-refractivity contribution >= 4 is 5.91 Å². The summed E-state index contributed by atoms with van der Waals surface area (Å²) in [4.78, 5) is 16.3. The van der Waals surface area contributed by atoms with Gasteiger partial charge in [0, 0.05) is 19.6 Å². The Morgan fingerprint density at radius 3 is 2.68 bits per heavy atom. The lowest BCUT2D eigenvalue weighted by atomic mass is 9.94. The molecule has 1 heterocycles. The normalized spacial score (nSPS) is 22.7. The summed E-state index contributed by atoms with van der Waals surface area (Å²) in [5, 5.41) is 20.6. The second-order valence-electron chi connectivity index (χ2n) is 6.63. The number of aryl methyl sites for hydroxylation is 1. The third-order valence-electron chi connectivity index (χ3n) is 4.20. The fourth-order valence-electron chi connectivity index (χ4n) is 3.12. The molecule has 0 bridgehead atoms. The van der Waals surface area contributed by atoms with Crippen molar-refractivity contribution in [1.29, 1.82) is 0 Å². The molecule has 0 unspecified atom stereocenters. The minimum Gasteiger partial charge on any atom is -0.507 e. The van der Waals surface area contributed by atoms with Gasteiger partial charge in [0.25, 0.3) is 5.91 Å². The van der Waals surface area contributed by atoms with E-state index < -0.39 is 5.60 Å². The Labute approximate surface area is 132 Å². The minimum absolute atomic E-state index is 0.0257. The maximum absolute atomic E-state index is 12.6. The third-order valence-corrected chi connectivity index (χ3v) is 4.20. The van der Waals surface area contributed by atoms with Crippen LogP contribution in [0.1, 0.15) is 35.2 Å². The van der Waals surface area contributed by atoms with Crippen LogP contribution in [-0.4, -0.2) is 65.3 Å². The molecule has 122 valence electrons. The summed E-state index contributed by atoms with van der Waals surface area (Å²) in [5.74, 6) is -0.135. The molecule has 1 aliphatic heterocycles. The first-order chi connectivity index (χ1) is 10.3. The molecule has 1 amide bonds. The number of phenols is 1. The van der Waals surface area contributed by atoms with Gasteiger partial charge in [0.15, 0.2) is 0 Å². The zero-order valence-electron chi connectivity index (χ0n) is 13.7. The van der Waals surface area contributed by atoms with Gasteiger partial charge in [-0.1, -0.05) is 6.07 Å². The highest BCUT2D eigenvalue weighted by atomic mass is 16.3. The van der Waals surface area contributed by atoms with E-state index >= 15 is 0 Å². The molecule has 1 aromatic rings. The zero-order valence-corrected chi connectivity index (χ0v) is 13.7. The summed E-state index contributed by atoms with van der Waals surface area (Å²) >= 11 is 0. The molecular formula is C17H26N2O3. The van der Waals surface area contributed by atoms with E-state index in [0.717, 1.165) is 12.0 Å². The van der Waals surface area contributed by atoms with E-state index in [1.807, 2.05) is 32.0 Å². The molecule has 2 N–H and O–H groups in total. The van der Waals surface area contributed by atoms with Crippen LogP contribution in [0.2, 0.25) is 0 Å². The average Bonchev–Trinajstić information content (AvgIpc) is 2.59. The number of benzene rings is 1. The fraction of sp³-hybridized carbons (Fsp3) is 0.588. The molecule has 0 aromatic heterocycles. The molecule has 1 aromatic carbocycles. The Bertz CT molecular complexity index is 545. The van der Waals surface area contributed by atoms with Gasteiger partial charge in [-0.05, 0) is 58.0 Å². The van der Waals surface area contributed by atoms with Gasteiger partial charge in [0.2, 0.25) is 0 Å². The molecule has 5 heteroatoms. The highest BCUT2D eigenvalue weighted by Gasteiger charge is 2.32. The van der Waals surface area contributed by atoms with Crippen LogP contribution in [0.5, 0.6) is 5.75 Å².